The van der Waals surface area contributed by atoms with Gasteiger partial charge in [-0.1, -0.05) is 48.5 Å². The Balaban J connectivity index is 1.74. The first-order valence-electron chi connectivity index (χ1n) is 9.15. The van der Waals surface area contributed by atoms with Crippen molar-refractivity contribution in [3.8, 4) is 11.3 Å². The van der Waals surface area contributed by atoms with Gasteiger partial charge in [0.25, 0.3) is 5.56 Å². The number of amides is 1. The lowest BCUT2D eigenvalue weighted by atomic mass is 10.1. The van der Waals surface area contributed by atoms with Crippen LogP contribution < -0.4 is 5.56 Å². The summed E-state index contributed by atoms with van der Waals surface area (Å²) in [5.74, 6) is -0.0630. The zero-order valence-corrected chi connectivity index (χ0v) is 15.3. The van der Waals surface area contributed by atoms with Crippen LogP contribution in [0.2, 0.25) is 0 Å². The normalized spacial score (nSPS) is 15.2. The van der Waals surface area contributed by atoms with Gasteiger partial charge in [-0.15, -0.1) is 0 Å². The molecule has 1 saturated heterocycles. The summed E-state index contributed by atoms with van der Waals surface area (Å²) < 4.78 is 1.31. The number of hydrogen-bond acceptors (Lipinski definition) is 4. The van der Waals surface area contributed by atoms with Crippen LogP contribution in [-0.2, 0) is 11.3 Å². The van der Waals surface area contributed by atoms with Crippen LogP contribution in [-0.4, -0.2) is 58.7 Å². The lowest BCUT2D eigenvalue weighted by Gasteiger charge is -2.32. The molecule has 0 radical (unpaired) electrons. The van der Waals surface area contributed by atoms with Crippen molar-refractivity contribution in [1.82, 2.24) is 19.6 Å². The van der Waals surface area contributed by atoms with E-state index in [2.05, 4.69) is 10.00 Å². The van der Waals surface area contributed by atoms with E-state index in [0.717, 1.165) is 29.7 Å². The standard InChI is InChI=1S/C21H22N4O2/c1-23-11-13-24(14-12-23)19(26)15-25-21(27)18-10-6-5-9-17(18)20(22-25)16-7-3-2-4-8-16/h2-10H,11-15H2,1H3. The summed E-state index contributed by atoms with van der Waals surface area (Å²) in [6.07, 6.45) is 0. The number of carbonyl (C=O) groups excluding carboxylic acids is 1. The minimum atomic E-state index is -0.229. The minimum Gasteiger partial charge on any atom is -0.339 e. The first kappa shape index (κ1) is 17.4. The maximum absolute atomic E-state index is 12.9. The summed E-state index contributed by atoms with van der Waals surface area (Å²) in [4.78, 5) is 29.6. The Morgan fingerprint density at radius 3 is 2.26 bits per heavy atom. The van der Waals surface area contributed by atoms with Crippen molar-refractivity contribution < 1.29 is 4.79 Å². The van der Waals surface area contributed by atoms with E-state index >= 15 is 0 Å². The number of nitrogens with zero attached hydrogens (tertiary/aromatic N) is 4. The van der Waals surface area contributed by atoms with Crippen LogP contribution in [0.3, 0.4) is 0 Å². The lowest BCUT2D eigenvalue weighted by Crippen LogP contribution is -2.48. The van der Waals surface area contributed by atoms with E-state index in [1.54, 1.807) is 6.07 Å². The van der Waals surface area contributed by atoms with Crippen molar-refractivity contribution >= 4 is 16.7 Å². The second-order valence-corrected chi connectivity index (χ2v) is 6.91. The van der Waals surface area contributed by atoms with E-state index in [-0.39, 0.29) is 18.0 Å². The number of fused-ring (bicyclic) bond motifs is 1. The molecule has 0 bridgehead atoms. The fourth-order valence-corrected chi connectivity index (χ4v) is 3.44. The summed E-state index contributed by atoms with van der Waals surface area (Å²) in [5, 5.41) is 5.95. The number of carbonyl (C=O) groups is 1. The van der Waals surface area contributed by atoms with Gasteiger partial charge in [-0.2, -0.15) is 5.10 Å². The van der Waals surface area contributed by atoms with Gasteiger partial charge in [0.1, 0.15) is 6.54 Å². The molecule has 1 amide bonds. The van der Waals surface area contributed by atoms with E-state index in [9.17, 15) is 9.59 Å². The summed E-state index contributed by atoms with van der Waals surface area (Å²) >= 11 is 0. The molecule has 2 heterocycles. The zero-order valence-electron chi connectivity index (χ0n) is 15.3. The molecule has 138 valence electrons. The topological polar surface area (TPSA) is 58.4 Å². The molecule has 1 aliphatic rings. The van der Waals surface area contributed by atoms with Crippen LogP contribution in [0.1, 0.15) is 0 Å². The summed E-state index contributed by atoms with van der Waals surface area (Å²) in [5.41, 5.74) is 1.42. The molecular weight excluding hydrogens is 340 g/mol. The van der Waals surface area contributed by atoms with E-state index in [4.69, 9.17) is 0 Å². The van der Waals surface area contributed by atoms with Crippen LogP contribution in [0, 0.1) is 0 Å². The molecule has 3 aromatic rings. The first-order valence-corrected chi connectivity index (χ1v) is 9.15. The molecule has 0 saturated carbocycles. The highest BCUT2D eigenvalue weighted by Gasteiger charge is 2.21. The third kappa shape index (κ3) is 3.48. The number of aromatic nitrogens is 2. The van der Waals surface area contributed by atoms with E-state index in [1.807, 2.05) is 60.5 Å². The largest absolute Gasteiger partial charge is 0.339 e. The van der Waals surface area contributed by atoms with E-state index < -0.39 is 0 Å². The quantitative estimate of drug-likeness (QED) is 0.713. The van der Waals surface area contributed by atoms with Crippen molar-refractivity contribution in [2.75, 3.05) is 33.2 Å². The molecule has 1 fully saturated rings. The van der Waals surface area contributed by atoms with Gasteiger partial charge in [0.15, 0.2) is 0 Å². The summed E-state index contributed by atoms with van der Waals surface area (Å²) in [7, 11) is 2.04. The molecule has 0 aliphatic carbocycles. The molecule has 0 unspecified atom stereocenters. The summed E-state index contributed by atoms with van der Waals surface area (Å²) in [6.45, 7) is 3.03. The third-order valence-corrected chi connectivity index (χ3v) is 5.06. The van der Waals surface area contributed by atoms with E-state index in [1.165, 1.54) is 4.68 Å². The molecule has 2 aromatic carbocycles. The second-order valence-electron chi connectivity index (χ2n) is 6.91. The fraction of sp³-hybridized carbons (Fsp3) is 0.286. The smallest absolute Gasteiger partial charge is 0.275 e. The third-order valence-electron chi connectivity index (χ3n) is 5.06. The Labute approximate surface area is 157 Å². The van der Waals surface area contributed by atoms with Crippen LogP contribution in [0.15, 0.2) is 59.4 Å². The van der Waals surface area contributed by atoms with Crippen LogP contribution in [0.4, 0.5) is 0 Å². The van der Waals surface area contributed by atoms with Crippen molar-refractivity contribution in [2.24, 2.45) is 0 Å². The number of rotatable bonds is 3. The van der Waals surface area contributed by atoms with Gasteiger partial charge in [-0.05, 0) is 13.1 Å². The van der Waals surface area contributed by atoms with Crippen molar-refractivity contribution in [3.63, 3.8) is 0 Å². The number of piperazine rings is 1. The van der Waals surface area contributed by atoms with Crippen molar-refractivity contribution in [3.05, 3.63) is 65.0 Å². The second kappa shape index (κ2) is 7.32. The molecule has 0 atom stereocenters. The highest BCUT2D eigenvalue weighted by molar-refractivity contribution is 5.93. The van der Waals surface area contributed by atoms with Crippen LogP contribution in [0.25, 0.3) is 22.0 Å². The molecule has 0 N–H and O–H groups in total. The Morgan fingerprint density at radius 1 is 0.926 bits per heavy atom. The number of benzene rings is 2. The highest BCUT2D eigenvalue weighted by atomic mass is 16.2. The number of likely N-dealkylation sites (N-methyl/N-ethyl adjacent to an activating group) is 1. The van der Waals surface area contributed by atoms with Gasteiger partial charge in [-0.25, -0.2) is 4.68 Å². The van der Waals surface area contributed by atoms with Gasteiger partial charge in [0.2, 0.25) is 5.91 Å². The molecule has 1 aliphatic heterocycles. The van der Waals surface area contributed by atoms with Gasteiger partial charge in [-0.3, -0.25) is 9.59 Å². The average Bonchev–Trinajstić information content (AvgIpc) is 2.71. The molecule has 1 aromatic heterocycles. The maximum atomic E-state index is 12.9. The molecule has 4 rings (SSSR count). The predicted molar refractivity (Wildman–Crippen MR) is 106 cm³/mol. The van der Waals surface area contributed by atoms with E-state index in [0.29, 0.717) is 18.5 Å². The van der Waals surface area contributed by atoms with Crippen molar-refractivity contribution in [1.29, 1.82) is 0 Å². The Kier molecular flexibility index (Phi) is 4.73. The Bertz CT molecular complexity index is 1020. The minimum absolute atomic E-state index is 0.0345. The highest BCUT2D eigenvalue weighted by Crippen LogP contribution is 2.24. The van der Waals surface area contributed by atoms with Gasteiger partial charge in [0.05, 0.1) is 11.1 Å². The molecular formula is C21H22N4O2. The van der Waals surface area contributed by atoms with Gasteiger partial charge in [0, 0.05) is 37.1 Å². The molecule has 27 heavy (non-hydrogen) atoms. The predicted octanol–water partition coefficient (Wildman–Crippen LogP) is 1.84. The van der Waals surface area contributed by atoms with Gasteiger partial charge < -0.3 is 9.80 Å². The van der Waals surface area contributed by atoms with Gasteiger partial charge >= 0.3 is 0 Å². The van der Waals surface area contributed by atoms with Crippen LogP contribution >= 0.6 is 0 Å². The maximum Gasteiger partial charge on any atom is 0.275 e. The average molecular weight is 362 g/mol. The molecule has 0 spiro atoms. The Morgan fingerprint density at radius 2 is 1.56 bits per heavy atom. The zero-order chi connectivity index (χ0) is 18.8. The SMILES string of the molecule is CN1CCN(C(=O)Cn2nc(-c3ccccc3)c3ccccc3c2=O)CC1. The first-order chi connectivity index (χ1) is 13.1. The van der Waals surface area contributed by atoms with Crippen LogP contribution in [0.5, 0.6) is 0 Å². The molecule has 6 nitrogen and oxygen atoms in total. The lowest BCUT2D eigenvalue weighted by molar-refractivity contribution is -0.133. The Hall–Kier alpha value is -2.99. The fourth-order valence-electron chi connectivity index (χ4n) is 3.44. The number of hydrogen-bond donors (Lipinski definition) is 0. The monoisotopic (exact) mass is 362 g/mol. The van der Waals surface area contributed by atoms with Crippen molar-refractivity contribution in [2.45, 2.75) is 6.54 Å². The summed E-state index contributed by atoms with van der Waals surface area (Å²) in [6, 6.07) is 17.2. The molecule has 6 heteroatoms.